The minimum Gasteiger partial charge on any atom is -0.469 e. The Labute approximate surface area is 196 Å². The van der Waals surface area contributed by atoms with Gasteiger partial charge in [-0.3, -0.25) is 4.79 Å². The van der Waals surface area contributed by atoms with Gasteiger partial charge < -0.3 is 15.0 Å². The van der Waals surface area contributed by atoms with Crippen LogP contribution >= 0.6 is 0 Å². The van der Waals surface area contributed by atoms with E-state index < -0.39 is 0 Å². The van der Waals surface area contributed by atoms with Crippen molar-refractivity contribution in [1.82, 2.24) is 0 Å². The molecule has 1 N–H and O–H groups in total. The van der Waals surface area contributed by atoms with Gasteiger partial charge in [0.15, 0.2) is 0 Å². The fourth-order valence-electron chi connectivity index (χ4n) is 6.62. The maximum atomic E-state index is 15.3. The first-order valence-electron chi connectivity index (χ1n) is 12.5. The average Bonchev–Trinajstić information content (AvgIpc) is 3.50. The van der Waals surface area contributed by atoms with Gasteiger partial charge in [-0.2, -0.15) is 0 Å². The van der Waals surface area contributed by atoms with Crippen molar-refractivity contribution in [2.45, 2.75) is 76.4 Å². The minimum absolute atomic E-state index is 0.197. The Kier molecular flexibility index (Phi) is 6.31. The van der Waals surface area contributed by atoms with Crippen molar-refractivity contribution >= 4 is 17.3 Å². The van der Waals surface area contributed by atoms with Crippen molar-refractivity contribution < 1.29 is 13.9 Å². The third kappa shape index (κ3) is 4.22. The van der Waals surface area contributed by atoms with Crippen LogP contribution in [0, 0.1) is 24.6 Å². The smallest absolute Gasteiger partial charge is 0.311 e. The van der Waals surface area contributed by atoms with Crippen molar-refractivity contribution in [3.63, 3.8) is 0 Å². The molecule has 0 amide bonds. The molecule has 4 atom stereocenters. The number of piperidine rings is 1. The molecule has 33 heavy (non-hydrogen) atoms. The first kappa shape index (κ1) is 22.2. The first-order valence-corrected chi connectivity index (χ1v) is 12.5. The highest BCUT2D eigenvalue weighted by molar-refractivity contribution is 5.76. The number of halogens is 1. The summed E-state index contributed by atoms with van der Waals surface area (Å²) < 4.78 is 20.6. The fourth-order valence-corrected chi connectivity index (χ4v) is 6.62. The molecule has 0 spiro atoms. The van der Waals surface area contributed by atoms with Crippen LogP contribution in [0.5, 0.6) is 0 Å². The van der Waals surface area contributed by atoms with Gasteiger partial charge in [-0.15, -0.1) is 0 Å². The van der Waals surface area contributed by atoms with Crippen molar-refractivity contribution in [2.75, 3.05) is 17.3 Å². The summed E-state index contributed by atoms with van der Waals surface area (Å²) in [5.41, 5.74) is 3.72. The Morgan fingerprint density at radius 3 is 2.48 bits per heavy atom. The normalized spacial score (nSPS) is 27.4. The van der Waals surface area contributed by atoms with Gasteiger partial charge in [0.1, 0.15) is 5.82 Å². The third-order valence-corrected chi connectivity index (χ3v) is 8.14. The van der Waals surface area contributed by atoms with E-state index in [1.165, 1.54) is 32.8 Å². The number of hydrogen-bond donors (Lipinski definition) is 1. The van der Waals surface area contributed by atoms with Crippen molar-refractivity contribution in [3.8, 4) is 0 Å². The average molecular weight is 451 g/mol. The van der Waals surface area contributed by atoms with Gasteiger partial charge in [-0.25, -0.2) is 4.39 Å². The summed E-state index contributed by atoms with van der Waals surface area (Å²) in [4.78, 5) is 15.3. The van der Waals surface area contributed by atoms with E-state index in [1.54, 1.807) is 12.1 Å². The van der Waals surface area contributed by atoms with Gasteiger partial charge >= 0.3 is 5.97 Å². The molecular formula is C28H35FN2O2. The number of esters is 1. The molecule has 176 valence electrons. The van der Waals surface area contributed by atoms with Gasteiger partial charge in [-0.1, -0.05) is 43.5 Å². The molecule has 4 unspecified atom stereocenters. The number of benzene rings is 2. The molecular weight excluding hydrogens is 415 g/mol. The third-order valence-electron chi connectivity index (χ3n) is 8.14. The first-order chi connectivity index (χ1) is 16.1. The topological polar surface area (TPSA) is 41.6 Å². The number of nitrogens with zero attached hydrogens (tertiary/aromatic N) is 1. The van der Waals surface area contributed by atoms with Crippen LogP contribution in [0.1, 0.15) is 68.5 Å². The molecule has 2 saturated carbocycles. The molecule has 3 aliphatic rings. The standard InChI is InChI=1S/C28H35FN2O2/c1-18-7-5-11-24(29)26(18)31-25-12-6-8-20(25)17-23(28(32)33-2)27(31)19-13-15-22(16-14-19)30-21-9-3-4-10-21/h5,7,11,13-16,20-21,23,25,27,30H,3-4,6,8-10,12,17H2,1-2H3. The Balaban J connectivity index is 1.55. The van der Waals surface area contributed by atoms with Crippen LogP contribution < -0.4 is 10.2 Å². The van der Waals surface area contributed by atoms with E-state index in [-0.39, 0.29) is 29.8 Å². The number of para-hydroxylation sites is 1. The lowest BCUT2D eigenvalue weighted by Gasteiger charge is -2.49. The van der Waals surface area contributed by atoms with E-state index >= 15 is 4.39 Å². The van der Waals surface area contributed by atoms with Crippen molar-refractivity contribution in [1.29, 1.82) is 0 Å². The molecule has 2 aliphatic carbocycles. The number of nitrogens with one attached hydrogen (secondary N) is 1. The molecule has 0 radical (unpaired) electrons. The fraction of sp³-hybridized carbons (Fsp3) is 0.536. The number of methoxy groups -OCH3 is 1. The zero-order chi connectivity index (χ0) is 22.9. The summed E-state index contributed by atoms with van der Waals surface area (Å²) in [6, 6.07) is 14.3. The van der Waals surface area contributed by atoms with Gasteiger partial charge in [-0.05, 0) is 74.3 Å². The summed E-state index contributed by atoms with van der Waals surface area (Å²) in [5.74, 6) is -0.345. The second-order valence-electron chi connectivity index (χ2n) is 10.1. The van der Waals surface area contributed by atoms with Crippen LogP contribution in [-0.4, -0.2) is 25.2 Å². The maximum absolute atomic E-state index is 15.3. The number of anilines is 2. The number of hydrogen-bond acceptors (Lipinski definition) is 4. The number of carbonyl (C=O) groups excluding carboxylic acids is 1. The SMILES string of the molecule is COC(=O)C1CC2CCCC2N(c2c(C)cccc2F)C1c1ccc(NC2CCCC2)cc1. The Hall–Kier alpha value is -2.56. The Bertz CT molecular complexity index is 966. The monoisotopic (exact) mass is 450 g/mol. The number of fused-ring (bicyclic) bond motifs is 1. The van der Waals surface area contributed by atoms with E-state index in [0.29, 0.717) is 17.6 Å². The lowest BCUT2D eigenvalue weighted by Crippen LogP contribution is -2.51. The van der Waals surface area contributed by atoms with Gasteiger partial charge in [0.05, 0.1) is 24.8 Å². The summed E-state index contributed by atoms with van der Waals surface area (Å²) in [6.45, 7) is 1.97. The van der Waals surface area contributed by atoms with Crippen LogP contribution in [0.15, 0.2) is 42.5 Å². The zero-order valence-corrected chi connectivity index (χ0v) is 19.7. The molecule has 2 aromatic carbocycles. The lowest BCUT2D eigenvalue weighted by molar-refractivity contribution is -0.148. The summed E-state index contributed by atoms with van der Waals surface area (Å²) in [7, 11) is 1.47. The van der Waals surface area contributed by atoms with E-state index in [4.69, 9.17) is 4.74 Å². The molecule has 4 nitrogen and oxygen atoms in total. The Morgan fingerprint density at radius 1 is 1.03 bits per heavy atom. The number of aryl methyl sites for hydroxylation is 1. The molecule has 0 bridgehead atoms. The largest absolute Gasteiger partial charge is 0.469 e. The molecule has 0 aromatic heterocycles. The number of rotatable bonds is 5. The van der Waals surface area contributed by atoms with Crippen molar-refractivity contribution in [3.05, 3.63) is 59.4 Å². The van der Waals surface area contributed by atoms with Crippen LogP contribution in [-0.2, 0) is 9.53 Å². The van der Waals surface area contributed by atoms with Crippen LogP contribution in [0.2, 0.25) is 0 Å². The van der Waals surface area contributed by atoms with Crippen LogP contribution in [0.3, 0.4) is 0 Å². The highest BCUT2D eigenvalue weighted by atomic mass is 19.1. The van der Waals surface area contributed by atoms with Crippen molar-refractivity contribution in [2.24, 2.45) is 11.8 Å². The summed E-state index contributed by atoms with van der Waals surface area (Å²) in [5, 5.41) is 3.65. The molecule has 2 aromatic rings. The second-order valence-corrected chi connectivity index (χ2v) is 10.1. The van der Waals surface area contributed by atoms with Gasteiger partial charge in [0.2, 0.25) is 0 Å². The summed E-state index contributed by atoms with van der Waals surface area (Å²) >= 11 is 0. The highest BCUT2D eigenvalue weighted by Crippen LogP contribution is 2.51. The molecule has 1 heterocycles. The molecule has 1 saturated heterocycles. The lowest BCUT2D eigenvalue weighted by atomic mass is 9.76. The molecule has 5 heteroatoms. The quantitative estimate of drug-likeness (QED) is 0.535. The zero-order valence-electron chi connectivity index (χ0n) is 19.7. The minimum atomic E-state index is -0.318. The maximum Gasteiger partial charge on any atom is 0.311 e. The second kappa shape index (κ2) is 9.36. The highest BCUT2D eigenvalue weighted by Gasteiger charge is 2.49. The van der Waals surface area contributed by atoms with Gasteiger partial charge in [0.25, 0.3) is 0 Å². The predicted molar refractivity (Wildman–Crippen MR) is 130 cm³/mol. The molecule has 1 aliphatic heterocycles. The van der Waals surface area contributed by atoms with Crippen LogP contribution in [0.25, 0.3) is 0 Å². The van der Waals surface area contributed by atoms with Gasteiger partial charge in [0, 0.05) is 17.8 Å². The van der Waals surface area contributed by atoms with E-state index in [9.17, 15) is 4.79 Å². The molecule has 5 rings (SSSR count). The number of carbonyl (C=O) groups is 1. The van der Waals surface area contributed by atoms with Crippen LogP contribution in [0.4, 0.5) is 15.8 Å². The number of ether oxygens (including phenoxy) is 1. The predicted octanol–water partition coefficient (Wildman–Crippen LogP) is 6.40. The van der Waals surface area contributed by atoms with E-state index in [2.05, 4.69) is 34.5 Å². The van der Waals surface area contributed by atoms with E-state index in [1.807, 2.05) is 13.0 Å². The Morgan fingerprint density at radius 2 is 1.79 bits per heavy atom. The van der Waals surface area contributed by atoms with E-state index in [0.717, 1.165) is 42.5 Å². The molecule has 3 fully saturated rings. The summed E-state index contributed by atoms with van der Waals surface area (Å²) in [6.07, 6.45) is 9.05.